The van der Waals surface area contributed by atoms with Gasteiger partial charge in [-0.05, 0) is 13.8 Å². The minimum absolute atomic E-state index is 0.378. The molecule has 1 saturated heterocycles. The van der Waals surface area contributed by atoms with Crippen molar-refractivity contribution in [2.75, 3.05) is 5.75 Å². The molecule has 0 amide bonds. The molecule has 0 saturated carbocycles. The molecule has 100 valence electrons. The zero-order valence-electron chi connectivity index (χ0n) is 11.3. The summed E-state index contributed by atoms with van der Waals surface area (Å²) < 4.78 is 0. The molecule has 3 unspecified atom stereocenters. The van der Waals surface area contributed by atoms with Crippen LogP contribution in [0.1, 0.15) is 49.2 Å². The van der Waals surface area contributed by atoms with Gasteiger partial charge in [-0.25, -0.2) is 9.97 Å². The van der Waals surface area contributed by atoms with E-state index in [0.29, 0.717) is 15.7 Å². The molecule has 1 aromatic heterocycles. The van der Waals surface area contributed by atoms with Crippen molar-refractivity contribution in [3.63, 3.8) is 0 Å². The van der Waals surface area contributed by atoms with Crippen molar-refractivity contribution >= 4 is 23.5 Å². The van der Waals surface area contributed by atoms with Crippen LogP contribution < -0.4 is 0 Å². The fraction of sp³-hybridized carbons (Fsp3) is 0.692. The molecule has 1 aromatic rings. The van der Waals surface area contributed by atoms with E-state index in [1.54, 1.807) is 13.1 Å². The molecular weight excluding hydrogens is 264 g/mol. The van der Waals surface area contributed by atoms with E-state index in [4.69, 9.17) is 0 Å². The lowest BCUT2D eigenvalue weighted by molar-refractivity contribution is 0.197. The third-order valence-corrected chi connectivity index (χ3v) is 6.71. The molecule has 0 aliphatic carbocycles. The van der Waals surface area contributed by atoms with Gasteiger partial charge in [-0.1, -0.05) is 13.8 Å². The van der Waals surface area contributed by atoms with Crippen molar-refractivity contribution in [2.24, 2.45) is 0 Å². The van der Waals surface area contributed by atoms with Crippen LogP contribution in [0.2, 0.25) is 0 Å². The van der Waals surface area contributed by atoms with Crippen molar-refractivity contribution < 1.29 is 5.11 Å². The lowest BCUT2D eigenvalue weighted by Gasteiger charge is -2.30. The molecule has 0 bridgehead atoms. The number of nitrogens with zero attached hydrogens (tertiary/aromatic N) is 2. The van der Waals surface area contributed by atoms with Gasteiger partial charge < -0.3 is 5.11 Å². The molecule has 2 rings (SSSR count). The molecule has 1 N–H and O–H groups in total. The Morgan fingerprint density at radius 2 is 2.11 bits per heavy atom. The monoisotopic (exact) mass is 284 g/mol. The molecule has 18 heavy (non-hydrogen) atoms. The maximum absolute atomic E-state index is 9.59. The van der Waals surface area contributed by atoms with Gasteiger partial charge in [-0.3, -0.25) is 0 Å². The summed E-state index contributed by atoms with van der Waals surface area (Å²) in [4.78, 5) is 9.01. The summed E-state index contributed by atoms with van der Waals surface area (Å²) in [5.41, 5.74) is 1.72. The predicted molar refractivity (Wildman–Crippen MR) is 79.1 cm³/mol. The fourth-order valence-corrected chi connectivity index (χ4v) is 4.83. The smallest absolute Gasteiger partial charge is 0.142 e. The maximum atomic E-state index is 9.59. The largest absolute Gasteiger partial charge is 0.389 e. The van der Waals surface area contributed by atoms with Gasteiger partial charge in [0.25, 0.3) is 0 Å². The predicted octanol–water partition coefficient (Wildman–Crippen LogP) is 3.14. The van der Waals surface area contributed by atoms with Crippen LogP contribution in [0.15, 0.2) is 6.20 Å². The first kappa shape index (κ1) is 14.2. The summed E-state index contributed by atoms with van der Waals surface area (Å²) in [7, 11) is 0. The van der Waals surface area contributed by atoms with E-state index in [2.05, 4.69) is 23.8 Å². The van der Waals surface area contributed by atoms with Crippen LogP contribution in [-0.2, 0) is 0 Å². The third-order valence-electron chi connectivity index (χ3n) is 3.32. The second-order valence-electron chi connectivity index (χ2n) is 4.81. The minimum atomic E-state index is -0.494. The Balaban J connectivity index is 2.17. The first-order chi connectivity index (χ1) is 8.49. The van der Waals surface area contributed by atoms with Crippen molar-refractivity contribution in [1.29, 1.82) is 0 Å². The van der Waals surface area contributed by atoms with Gasteiger partial charge >= 0.3 is 0 Å². The van der Waals surface area contributed by atoms with E-state index >= 15 is 0 Å². The zero-order valence-corrected chi connectivity index (χ0v) is 12.9. The normalized spacial score (nSPS) is 30.2. The van der Waals surface area contributed by atoms with E-state index in [0.717, 1.165) is 22.8 Å². The highest BCUT2D eigenvalue weighted by Crippen LogP contribution is 2.43. The molecule has 3 nitrogen and oxygen atoms in total. The van der Waals surface area contributed by atoms with Crippen LogP contribution in [0.4, 0.5) is 0 Å². The summed E-state index contributed by atoms with van der Waals surface area (Å²) in [5, 5.41) is 11.3. The Hall–Kier alpha value is -0.260. The maximum Gasteiger partial charge on any atom is 0.142 e. The van der Waals surface area contributed by atoms with E-state index in [1.165, 1.54) is 0 Å². The zero-order chi connectivity index (χ0) is 13.3. The lowest BCUT2D eigenvalue weighted by atomic mass is 10.1. The molecule has 1 fully saturated rings. The van der Waals surface area contributed by atoms with Crippen molar-refractivity contribution in [3.05, 3.63) is 23.3 Å². The van der Waals surface area contributed by atoms with Crippen LogP contribution in [0, 0.1) is 6.92 Å². The molecule has 5 heteroatoms. The second kappa shape index (κ2) is 5.80. The number of aliphatic hydroxyl groups excluding tert-OH is 1. The van der Waals surface area contributed by atoms with Gasteiger partial charge in [-0.15, -0.1) is 11.8 Å². The van der Waals surface area contributed by atoms with Gasteiger partial charge in [-0.2, -0.15) is 11.8 Å². The lowest BCUT2D eigenvalue weighted by Crippen LogP contribution is -2.23. The number of rotatable bonds is 2. The van der Waals surface area contributed by atoms with Crippen molar-refractivity contribution in [3.8, 4) is 0 Å². The molecule has 1 aliphatic rings. The van der Waals surface area contributed by atoms with Crippen LogP contribution in [0.5, 0.6) is 0 Å². The van der Waals surface area contributed by atoms with E-state index < -0.39 is 6.10 Å². The van der Waals surface area contributed by atoms with Gasteiger partial charge in [0.1, 0.15) is 5.82 Å². The van der Waals surface area contributed by atoms with Crippen LogP contribution in [-0.4, -0.2) is 31.3 Å². The highest BCUT2D eigenvalue weighted by molar-refractivity contribution is 8.07. The molecular formula is C13H20N2OS2. The summed E-state index contributed by atoms with van der Waals surface area (Å²) in [5.74, 6) is 1.98. The standard InChI is InChI=1S/C13H20N2OS2/c1-7-11(8(2)16)5-14-13(15-7)12-6-17-9(3)10(4)18-12/h5,8-10,12,16H,6H2,1-4H3/t8-,9?,10?,12?/m1/s1. The number of aryl methyl sites for hydroxylation is 1. The molecule has 2 heterocycles. The fourth-order valence-electron chi connectivity index (χ4n) is 1.98. The molecule has 0 radical (unpaired) electrons. The number of hydrogen-bond acceptors (Lipinski definition) is 5. The van der Waals surface area contributed by atoms with E-state index in [1.807, 2.05) is 30.4 Å². The number of aromatic nitrogens is 2. The quantitative estimate of drug-likeness (QED) is 0.904. The number of aliphatic hydroxyl groups is 1. The Morgan fingerprint density at radius 1 is 1.39 bits per heavy atom. The average molecular weight is 284 g/mol. The SMILES string of the molecule is Cc1nc(C2CSC(C)C(C)S2)ncc1[C@@H](C)O. The van der Waals surface area contributed by atoms with Crippen molar-refractivity contribution in [2.45, 2.75) is 49.5 Å². The molecule has 1 aliphatic heterocycles. The highest BCUT2D eigenvalue weighted by atomic mass is 32.2. The summed E-state index contributed by atoms with van der Waals surface area (Å²) in [6.07, 6.45) is 1.28. The van der Waals surface area contributed by atoms with Gasteiger partial charge in [0, 0.05) is 33.7 Å². The number of hydrogen-bond donors (Lipinski definition) is 1. The highest BCUT2D eigenvalue weighted by Gasteiger charge is 2.28. The van der Waals surface area contributed by atoms with Gasteiger partial charge in [0.2, 0.25) is 0 Å². The molecule has 0 spiro atoms. The van der Waals surface area contributed by atoms with Crippen LogP contribution in [0.3, 0.4) is 0 Å². The van der Waals surface area contributed by atoms with Crippen LogP contribution in [0.25, 0.3) is 0 Å². The third kappa shape index (κ3) is 3.00. The van der Waals surface area contributed by atoms with E-state index in [9.17, 15) is 5.11 Å². The summed E-state index contributed by atoms with van der Waals surface area (Å²) >= 11 is 3.96. The topological polar surface area (TPSA) is 46.0 Å². The van der Waals surface area contributed by atoms with Crippen molar-refractivity contribution in [1.82, 2.24) is 9.97 Å². The van der Waals surface area contributed by atoms with Gasteiger partial charge in [0.15, 0.2) is 0 Å². The Morgan fingerprint density at radius 3 is 2.67 bits per heavy atom. The number of thioether (sulfide) groups is 2. The Bertz CT molecular complexity index is 425. The minimum Gasteiger partial charge on any atom is -0.389 e. The van der Waals surface area contributed by atoms with E-state index in [-0.39, 0.29) is 0 Å². The molecule has 4 atom stereocenters. The first-order valence-electron chi connectivity index (χ1n) is 6.27. The Labute approximate surface area is 117 Å². The van der Waals surface area contributed by atoms with Gasteiger partial charge in [0.05, 0.1) is 11.4 Å². The summed E-state index contributed by atoms with van der Waals surface area (Å²) in [6, 6.07) is 0. The molecule has 0 aromatic carbocycles. The summed E-state index contributed by atoms with van der Waals surface area (Å²) in [6.45, 7) is 8.24. The average Bonchev–Trinajstić information content (AvgIpc) is 2.32. The first-order valence-corrected chi connectivity index (χ1v) is 8.26. The second-order valence-corrected chi connectivity index (χ2v) is 7.81. The Kier molecular flexibility index (Phi) is 4.56. The van der Waals surface area contributed by atoms with Crippen LogP contribution >= 0.6 is 23.5 Å².